The summed E-state index contributed by atoms with van der Waals surface area (Å²) in [7, 11) is 1.64. The monoisotopic (exact) mass is 856 g/mol. The molecule has 0 amide bonds. The van der Waals surface area contributed by atoms with Crippen molar-refractivity contribution in [3.8, 4) is 5.75 Å². The Bertz CT molecular complexity index is 2270. The first-order valence-corrected chi connectivity index (χ1v) is 21.9. The zero-order valence-electron chi connectivity index (χ0n) is 36.1. The van der Waals surface area contributed by atoms with Gasteiger partial charge < -0.3 is 38.3 Å². The third kappa shape index (κ3) is 11.2. The highest BCUT2D eigenvalue weighted by Crippen LogP contribution is 2.41. The second-order valence-corrected chi connectivity index (χ2v) is 15.9. The maximum absolute atomic E-state index is 12.7. The number of aliphatic hydroxyl groups excluding tert-OH is 1. The Morgan fingerprint density at radius 2 is 0.859 bits per heavy atom. The van der Waals surface area contributed by atoms with Gasteiger partial charge in [-0.25, -0.2) is 0 Å². The van der Waals surface area contributed by atoms with Gasteiger partial charge >= 0.3 is 0 Å². The minimum Gasteiger partial charge on any atom is -0.497 e. The van der Waals surface area contributed by atoms with E-state index >= 15 is 0 Å². The Hall–Kier alpha value is -5.94. The molecule has 1 fully saturated rings. The van der Waals surface area contributed by atoms with Crippen molar-refractivity contribution in [2.24, 2.45) is 0 Å². The fourth-order valence-corrected chi connectivity index (χ4v) is 8.36. The predicted molar refractivity (Wildman–Crippen MR) is 248 cm³/mol. The normalized spacial score (nSPS) is 19.2. The summed E-state index contributed by atoms with van der Waals surface area (Å²) in [5.41, 5.74) is 5.60. The SMILES string of the molecule is COc1ccc(CO[C@@H]2[C@@H](OCc3ccccc3)[C@@H](OCc3ccccc3)[C@@H](COCc3ccccc3)O[C@H]2[C@@H](O)COC(c2ccccc2)(c2ccccc2)c2ccccc2)cc1. The van der Waals surface area contributed by atoms with E-state index in [1.165, 1.54) is 0 Å². The summed E-state index contributed by atoms with van der Waals surface area (Å²) < 4.78 is 47.0. The summed E-state index contributed by atoms with van der Waals surface area (Å²) in [5, 5.41) is 12.7. The molecule has 64 heavy (non-hydrogen) atoms. The maximum Gasteiger partial charge on any atom is 0.143 e. The molecule has 1 heterocycles. The molecule has 1 N–H and O–H groups in total. The van der Waals surface area contributed by atoms with Gasteiger partial charge in [-0.15, -0.1) is 0 Å². The Balaban J connectivity index is 1.17. The fourth-order valence-electron chi connectivity index (χ4n) is 8.36. The van der Waals surface area contributed by atoms with Crippen LogP contribution in [0.25, 0.3) is 0 Å². The van der Waals surface area contributed by atoms with Crippen LogP contribution in [-0.2, 0) is 60.4 Å². The molecule has 8 nitrogen and oxygen atoms in total. The summed E-state index contributed by atoms with van der Waals surface area (Å²) >= 11 is 0. The lowest BCUT2D eigenvalue weighted by molar-refractivity contribution is -0.290. The highest BCUT2D eigenvalue weighted by atomic mass is 16.6. The Labute approximate surface area is 376 Å². The van der Waals surface area contributed by atoms with Crippen LogP contribution < -0.4 is 4.74 Å². The third-order valence-corrected chi connectivity index (χ3v) is 11.6. The van der Waals surface area contributed by atoms with E-state index in [2.05, 4.69) is 36.4 Å². The van der Waals surface area contributed by atoms with Crippen molar-refractivity contribution < 1.29 is 38.3 Å². The molecule has 0 radical (unpaired) electrons. The first-order valence-electron chi connectivity index (χ1n) is 21.9. The maximum atomic E-state index is 12.7. The molecule has 8 rings (SSSR count). The molecule has 0 aliphatic carbocycles. The molecule has 1 aliphatic rings. The molecule has 0 aromatic heterocycles. The van der Waals surface area contributed by atoms with Crippen LogP contribution in [0, 0.1) is 0 Å². The molecule has 6 atom stereocenters. The van der Waals surface area contributed by atoms with Crippen LogP contribution >= 0.6 is 0 Å². The highest BCUT2D eigenvalue weighted by Gasteiger charge is 2.51. The summed E-state index contributed by atoms with van der Waals surface area (Å²) in [6.45, 7) is 1.18. The van der Waals surface area contributed by atoms with E-state index in [9.17, 15) is 5.11 Å². The largest absolute Gasteiger partial charge is 0.497 e. The van der Waals surface area contributed by atoms with Gasteiger partial charge in [0.25, 0.3) is 0 Å². The van der Waals surface area contributed by atoms with Crippen molar-refractivity contribution in [2.75, 3.05) is 20.3 Å². The van der Waals surface area contributed by atoms with E-state index in [0.717, 1.165) is 44.7 Å². The quantitative estimate of drug-likeness (QED) is 0.0716. The van der Waals surface area contributed by atoms with Gasteiger partial charge in [-0.2, -0.15) is 0 Å². The molecule has 1 saturated heterocycles. The molecule has 7 aromatic rings. The van der Waals surface area contributed by atoms with Crippen LogP contribution in [0.4, 0.5) is 0 Å². The average molecular weight is 857 g/mol. The second-order valence-electron chi connectivity index (χ2n) is 15.9. The zero-order chi connectivity index (χ0) is 43.8. The summed E-state index contributed by atoms with van der Waals surface area (Å²) in [6, 6.07) is 68.2. The van der Waals surface area contributed by atoms with Crippen LogP contribution in [-0.4, -0.2) is 62.1 Å². The van der Waals surface area contributed by atoms with Gasteiger partial charge in [-0.05, 0) is 51.1 Å². The van der Waals surface area contributed by atoms with Crippen LogP contribution in [0.3, 0.4) is 0 Å². The zero-order valence-corrected chi connectivity index (χ0v) is 36.1. The molecule has 0 saturated carbocycles. The van der Waals surface area contributed by atoms with Crippen LogP contribution in [0.15, 0.2) is 206 Å². The Kier molecular flexibility index (Phi) is 15.8. The van der Waals surface area contributed by atoms with Gasteiger partial charge in [0.15, 0.2) is 0 Å². The van der Waals surface area contributed by atoms with Gasteiger partial charge in [-0.3, -0.25) is 0 Å². The van der Waals surface area contributed by atoms with Crippen molar-refractivity contribution in [1.29, 1.82) is 0 Å². The van der Waals surface area contributed by atoms with Gasteiger partial charge in [0, 0.05) is 0 Å². The molecule has 0 unspecified atom stereocenters. The fraction of sp³-hybridized carbons (Fsp3) is 0.250. The minimum absolute atomic E-state index is 0.121. The smallest absolute Gasteiger partial charge is 0.143 e. The average Bonchev–Trinajstić information content (AvgIpc) is 3.37. The first-order chi connectivity index (χ1) is 31.6. The van der Waals surface area contributed by atoms with Crippen LogP contribution in [0.1, 0.15) is 38.9 Å². The van der Waals surface area contributed by atoms with E-state index in [0.29, 0.717) is 13.2 Å². The van der Waals surface area contributed by atoms with E-state index in [1.54, 1.807) is 7.11 Å². The lowest BCUT2D eigenvalue weighted by atomic mass is 9.80. The van der Waals surface area contributed by atoms with E-state index in [-0.39, 0.29) is 26.4 Å². The number of aliphatic hydroxyl groups is 1. The highest BCUT2D eigenvalue weighted by molar-refractivity contribution is 5.47. The lowest BCUT2D eigenvalue weighted by Crippen LogP contribution is -2.64. The van der Waals surface area contributed by atoms with Crippen LogP contribution in [0.5, 0.6) is 5.75 Å². The van der Waals surface area contributed by atoms with Gasteiger partial charge in [0.05, 0.1) is 46.8 Å². The van der Waals surface area contributed by atoms with Gasteiger partial charge in [0.2, 0.25) is 0 Å². The summed E-state index contributed by atoms with van der Waals surface area (Å²) in [6.07, 6.45) is -5.03. The Morgan fingerprint density at radius 3 is 1.31 bits per heavy atom. The molecule has 328 valence electrons. The van der Waals surface area contributed by atoms with E-state index in [1.807, 2.05) is 170 Å². The number of rotatable bonds is 21. The number of benzene rings is 7. The number of hydrogen-bond acceptors (Lipinski definition) is 8. The molecule has 0 spiro atoms. The van der Waals surface area contributed by atoms with Gasteiger partial charge in [-0.1, -0.05) is 194 Å². The molecular weight excluding hydrogens is 801 g/mol. The minimum atomic E-state index is -1.20. The van der Waals surface area contributed by atoms with Crippen molar-refractivity contribution in [1.82, 2.24) is 0 Å². The first kappa shape index (κ1) is 44.7. The topological polar surface area (TPSA) is 84.8 Å². The van der Waals surface area contributed by atoms with Gasteiger partial charge in [0.1, 0.15) is 48.0 Å². The molecule has 8 heteroatoms. The van der Waals surface area contributed by atoms with Crippen molar-refractivity contribution in [3.05, 3.63) is 245 Å². The number of ether oxygens (including phenoxy) is 7. The second kappa shape index (κ2) is 22.6. The number of methoxy groups -OCH3 is 1. The molecule has 7 aromatic carbocycles. The molecule has 1 aliphatic heterocycles. The molecule has 0 bridgehead atoms. The Morgan fingerprint density at radius 1 is 0.469 bits per heavy atom. The predicted octanol–water partition coefficient (Wildman–Crippen LogP) is 10.1. The lowest BCUT2D eigenvalue weighted by Gasteiger charge is -2.48. The summed E-state index contributed by atoms with van der Waals surface area (Å²) in [4.78, 5) is 0. The third-order valence-electron chi connectivity index (χ3n) is 11.6. The standard InChI is InChI=1S/C56H56O8/c1-58-49-34-32-45(33-35-49)39-61-54-52(50(57)40-63-56(46-26-14-5-15-27-46,47-28-16-6-17-29-47)48-30-18-7-19-31-48)64-51(41-59-36-42-20-8-2-9-21-42)53(60-37-43-22-10-3-11-23-43)55(54)62-38-44-24-12-4-13-25-44/h2-35,50-55,57H,36-41H2,1H3/t50-,51+,52-,53-,54-,55-/m0/s1. The molecular formula is C56H56O8. The van der Waals surface area contributed by atoms with E-state index < -0.39 is 42.2 Å². The van der Waals surface area contributed by atoms with Crippen molar-refractivity contribution >= 4 is 0 Å². The van der Waals surface area contributed by atoms with Crippen LogP contribution in [0.2, 0.25) is 0 Å². The van der Waals surface area contributed by atoms with Crippen molar-refractivity contribution in [2.45, 2.75) is 68.7 Å². The number of hydrogen-bond donors (Lipinski definition) is 1. The summed E-state index contributed by atoms with van der Waals surface area (Å²) in [5.74, 6) is 0.741. The van der Waals surface area contributed by atoms with E-state index in [4.69, 9.17) is 33.2 Å². The van der Waals surface area contributed by atoms with Crippen molar-refractivity contribution in [3.63, 3.8) is 0 Å².